The van der Waals surface area contributed by atoms with E-state index in [1.165, 1.54) is 17.8 Å². The maximum Gasteiger partial charge on any atom is 0.168 e. The predicted octanol–water partition coefficient (Wildman–Crippen LogP) is 4.38. The zero-order valence-electron chi connectivity index (χ0n) is 14.8. The molecule has 0 unspecified atom stereocenters. The monoisotopic (exact) mass is 364 g/mol. The van der Waals surface area contributed by atoms with Crippen LogP contribution in [0.2, 0.25) is 0 Å². The molecule has 1 fully saturated rings. The van der Waals surface area contributed by atoms with Gasteiger partial charge in [-0.25, -0.2) is 9.37 Å². The third kappa shape index (κ3) is 4.98. The van der Waals surface area contributed by atoms with Gasteiger partial charge in [0.25, 0.3) is 0 Å². The zero-order chi connectivity index (χ0) is 17.6. The van der Waals surface area contributed by atoms with Crippen molar-refractivity contribution < 1.29 is 13.9 Å². The van der Waals surface area contributed by atoms with E-state index in [9.17, 15) is 4.39 Å². The molecule has 0 radical (unpaired) electrons. The van der Waals surface area contributed by atoms with Gasteiger partial charge in [0.15, 0.2) is 5.16 Å². The lowest BCUT2D eigenvalue weighted by molar-refractivity contribution is 0.0945. The third-order valence-electron chi connectivity index (χ3n) is 4.44. The van der Waals surface area contributed by atoms with Crippen LogP contribution in [-0.2, 0) is 11.3 Å². The van der Waals surface area contributed by atoms with Crippen LogP contribution in [0.25, 0.3) is 0 Å². The molecule has 0 saturated carbocycles. The Morgan fingerprint density at radius 1 is 1.32 bits per heavy atom. The van der Waals surface area contributed by atoms with E-state index in [1.807, 2.05) is 0 Å². The van der Waals surface area contributed by atoms with Gasteiger partial charge in [0.1, 0.15) is 11.6 Å². The second-order valence-electron chi connectivity index (χ2n) is 6.32. The summed E-state index contributed by atoms with van der Waals surface area (Å²) in [7, 11) is 0. The number of rotatable bonds is 8. The molecule has 6 heteroatoms. The van der Waals surface area contributed by atoms with Gasteiger partial charge in [-0.2, -0.15) is 0 Å². The fourth-order valence-electron chi connectivity index (χ4n) is 2.88. The molecule has 25 heavy (non-hydrogen) atoms. The summed E-state index contributed by atoms with van der Waals surface area (Å²) in [6.07, 6.45) is 3.51. The fourth-order valence-corrected chi connectivity index (χ4v) is 3.90. The van der Waals surface area contributed by atoms with Crippen LogP contribution in [0.1, 0.15) is 30.7 Å². The highest BCUT2D eigenvalue weighted by atomic mass is 32.2. The predicted molar refractivity (Wildman–Crippen MR) is 97.9 cm³/mol. The molecule has 1 atom stereocenters. The summed E-state index contributed by atoms with van der Waals surface area (Å²) in [5.74, 6) is 1.40. The summed E-state index contributed by atoms with van der Waals surface area (Å²) < 4.78 is 26.6. The molecule has 0 N–H and O–H groups in total. The number of halogens is 1. The maximum atomic E-state index is 12.9. The van der Waals surface area contributed by atoms with Gasteiger partial charge >= 0.3 is 0 Å². The van der Waals surface area contributed by atoms with E-state index >= 15 is 0 Å². The molecule has 4 nitrogen and oxygen atoms in total. The molecule has 136 valence electrons. The van der Waals surface area contributed by atoms with Crippen LogP contribution in [0.4, 0.5) is 4.39 Å². The van der Waals surface area contributed by atoms with Gasteiger partial charge < -0.3 is 14.0 Å². The minimum atomic E-state index is -0.244. The van der Waals surface area contributed by atoms with Crippen molar-refractivity contribution in [3.05, 3.63) is 41.5 Å². The zero-order valence-corrected chi connectivity index (χ0v) is 15.7. The van der Waals surface area contributed by atoms with Crippen LogP contribution >= 0.6 is 11.8 Å². The number of benzene rings is 1. The first-order valence-electron chi connectivity index (χ1n) is 8.80. The Balaban J connectivity index is 1.47. The Bertz CT molecular complexity index is 681. The number of imidazole rings is 1. The summed E-state index contributed by atoms with van der Waals surface area (Å²) in [6.45, 7) is 6.56. The average Bonchev–Trinajstić information content (AvgIpc) is 3.21. The highest BCUT2D eigenvalue weighted by Crippen LogP contribution is 2.24. The van der Waals surface area contributed by atoms with Crippen molar-refractivity contribution in [3.8, 4) is 5.75 Å². The molecular formula is C19H25FN2O2S. The molecule has 3 rings (SSSR count). The van der Waals surface area contributed by atoms with Crippen molar-refractivity contribution in [1.82, 2.24) is 9.55 Å². The second-order valence-corrected chi connectivity index (χ2v) is 7.38. The van der Waals surface area contributed by atoms with Crippen molar-refractivity contribution in [2.24, 2.45) is 0 Å². The van der Waals surface area contributed by atoms with E-state index in [0.717, 1.165) is 49.0 Å². The van der Waals surface area contributed by atoms with Gasteiger partial charge in [-0.3, -0.25) is 0 Å². The summed E-state index contributed by atoms with van der Waals surface area (Å²) in [5, 5.41) is 1.06. The summed E-state index contributed by atoms with van der Waals surface area (Å²) >= 11 is 1.76. The quantitative estimate of drug-likeness (QED) is 0.514. The van der Waals surface area contributed by atoms with Crippen LogP contribution < -0.4 is 4.74 Å². The normalized spacial score (nSPS) is 17.2. The lowest BCUT2D eigenvalue weighted by Gasteiger charge is -2.14. The van der Waals surface area contributed by atoms with Gasteiger partial charge in [0.05, 0.1) is 24.9 Å². The number of ether oxygens (including phenoxy) is 2. The highest BCUT2D eigenvalue weighted by Gasteiger charge is 2.20. The number of aromatic nitrogens is 2. The lowest BCUT2D eigenvalue weighted by Crippen LogP contribution is -2.16. The van der Waals surface area contributed by atoms with Gasteiger partial charge in [-0.1, -0.05) is 11.8 Å². The SMILES string of the molecule is Cc1nc(SCCCOc2ccc(F)cc2)n(C[C@H]2CCCO2)c1C. The van der Waals surface area contributed by atoms with E-state index in [2.05, 4.69) is 18.4 Å². The maximum absolute atomic E-state index is 12.9. The second kappa shape index (κ2) is 8.72. The summed E-state index contributed by atoms with van der Waals surface area (Å²) in [6, 6.07) is 6.14. The topological polar surface area (TPSA) is 36.3 Å². The van der Waals surface area contributed by atoms with E-state index in [4.69, 9.17) is 14.5 Å². The minimum absolute atomic E-state index is 0.244. The standard InChI is InChI=1S/C19H25FN2O2S/c1-14-15(2)22(13-18-5-3-10-24-18)19(21-14)25-12-4-11-23-17-8-6-16(20)7-9-17/h6-9,18H,3-5,10-13H2,1-2H3/t18-/m1/s1. The van der Waals surface area contributed by atoms with Gasteiger partial charge in [-0.15, -0.1) is 0 Å². The van der Waals surface area contributed by atoms with Crippen molar-refractivity contribution in [2.75, 3.05) is 19.0 Å². The Morgan fingerprint density at radius 3 is 2.84 bits per heavy atom. The first-order valence-corrected chi connectivity index (χ1v) is 9.78. The lowest BCUT2D eigenvalue weighted by atomic mass is 10.2. The minimum Gasteiger partial charge on any atom is -0.494 e. The molecular weight excluding hydrogens is 339 g/mol. The first-order chi connectivity index (χ1) is 12.1. The number of thioether (sulfide) groups is 1. The fraction of sp³-hybridized carbons (Fsp3) is 0.526. The van der Waals surface area contributed by atoms with Crippen LogP contribution in [0.3, 0.4) is 0 Å². The molecule has 1 aliphatic heterocycles. The van der Waals surface area contributed by atoms with Crippen LogP contribution in [-0.4, -0.2) is 34.6 Å². The van der Waals surface area contributed by atoms with E-state index in [1.54, 1.807) is 23.9 Å². The molecule has 1 aromatic heterocycles. The Morgan fingerprint density at radius 2 is 2.12 bits per heavy atom. The average molecular weight is 364 g/mol. The van der Waals surface area contributed by atoms with Gasteiger partial charge in [0, 0.05) is 18.1 Å². The molecule has 2 aromatic rings. The summed E-state index contributed by atoms with van der Waals surface area (Å²) in [4.78, 5) is 4.71. The number of hydrogen-bond acceptors (Lipinski definition) is 4. The van der Waals surface area contributed by atoms with Crippen molar-refractivity contribution in [3.63, 3.8) is 0 Å². The molecule has 0 amide bonds. The molecule has 2 heterocycles. The van der Waals surface area contributed by atoms with E-state index in [0.29, 0.717) is 18.5 Å². The number of aryl methyl sites for hydroxylation is 1. The van der Waals surface area contributed by atoms with Crippen LogP contribution in [0.5, 0.6) is 5.75 Å². The molecule has 1 aliphatic rings. The van der Waals surface area contributed by atoms with Crippen molar-refractivity contribution in [1.29, 1.82) is 0 Å². The van der Waals surface area contributed by atoms with Crippen molar-refractivity contribution in [2.45, 2.75) is 50.9 Å². The number of nitrogens with zero attached hydrogens (tertiary/aromatic N) is 2. The number of hydrogen-bond donors (Lipinski definition) is 0. The third-order valence-corrected chi connectivity index (χ3v) is 5.50. The smallest absolute Gasteiger partial charge is 0.168 e. The molecule has 0 aliphatic carbocycles. The molecule has 1 aromatic carbocycles. The van der Waals surface area contributed by atoms with E-state index in [-0.39, 0.29) is 5.82 Å². The van der Waals surface area contributed by atoms with Crippen LogP contribution in [0.15, 0.2) is 29.4 Å². The van der Waals surface area contributed by atoms with Crippen LogP contribution in [0, 0.1) is 19.7 Å². The largest absolute Gasteiger partial charge is 0.494 e. The first kappa shape index (κ1) is 18.3. The Labute approximate surface area is 152 Å². The molecule has 0 bridgehead atoms. The summed E-state index contributed by atoms with van der Waals surface area (Å²) in [5.41, 5.74) is 2.31. The van der Waals surface area contributed by atoms with Gasteiger partial charge in [-0.05, 0) is 57.4 Å². The van der Waals surface area contributed by atoms with Gasteiger partial charge in [0.2, 0.25) is 0 Å². The van der Waals surface area contributed by atoms with E-state index < -0.39 is 0 Å². The highest BCUT2D eigenvalue weighted by molar-refractivity contribution is 7.99. The van der Waals surface area contributed by atoms with Crippen molar-refractivity contribution >= 4 is 11.8 Å². The Hall–Kier alpha value is -1.53. The molecule has 1 saturated heterocycles. The Kier molecular flexibility index (Phi) is 6.37. The molecule has 0 spiro atoms.